The highest BCUT2D eigenvalue weighted by molar-refractivity contribution is 7.87. The second-order valence-electron chi connectivity index (χ2n) is 4.17. The standard InChI is InChI=1S/C9H22N2O4S/c1-5-9(6-12,7-13)10-16(14,15)11(4)8(2)3/h8,10,12-13H,5-7H2,1-4H3. The van der Waals surface area contributed by atoms with E-state index in [0.717, 1.165) is 4.31 Å². The van der Waals surface area contributed by atoms with E-state index in [2.05, 4.69) is 4.72 Å². The molecule has 0 saturated heterocycles. The van der Waals surface area contributed by atoms with Crippen LogP contribution in [0.2, 0.25) is 0 Å². The number of rotatable bonds is 7. The third-order valence-electron chi connectivity index (χ3n) is 2.73. The number of hydrogen-bond acceptors (Lipinski definition) is 4. The zero-order chi connectivity index (χ0) is 13.0. The minimum atomic E-state index is -3.69. The van der Waals surface area contributed by atoms with Crippen LogP contribution < -0.4 is 4.72 Å². The number of aliphatic hydroxyl groups is 2. The van der Waals surface area contributed by atoms with Gasteiger partial charge in [0.15, 0.2) is 0 Å². The van der Waals surface area contributed by atoms with Crippen LogP contribution in [-0.2, 0) is 10.2 Å². The molecule has 0 bridgehead atoms. The van der Waals surface area contributed by atoms with Crippen molar-refractivity contribution in [2.45, 2.75) is 38.8 Å². The van der Waals surface area contributed by atoms with Gasteiger partial charge in [-0.1, -0.05) is 6.92 Å². The van der Waals surface area contributed by atoms with E-state index in [1.54, 1.807) is 20.8 Å². The first-order valence-electron chi connectivity index (χ1n) is 5.23. The predicted molar refractivity (Wildman–Crippen MR) is 62.1 cm³/mol. The quantitative estimate of drug-likeness (QED) is 0.560. The van der Waals surface area contributed by atoms with Crippen molar-refractivity contribution >= 4 is 10.2 Å². The molecule has 98 valence electrons. The Labute approximate surface area is 97.5 Å². The van der Waals surface area contributed by atoms with Gasteiger partial charge in [0.05, 0.1) is 18.8 Å². The molecule has 0 atom stereocenters. The topological polar surface area (TPSA) is 89.9 Å². The highest BCUT2D eigenvalue weighted by Gasteiger charge is 2.34. The highest BCUT2D eigenvalue weighted by Crippen LogP contribution is 2.12. The lowest BCUT2D eigenvalue weighted by Crippen LogP contribution is -2.57. The number of aliphatic hydroxyl groups excluding tert-OH is 2. The Balaban J connectivity index is 4.94. The molecule has 0 aromatic carbocycles. The molecule has 0 rings (SSSR count). The molecule has 0 spiro atoms. The average Bonchev–Trinajstić information content (AvgIpc) is 2.24. The third kappa shape index (κ3) is 3.67. The van der Waals surface area contributed by atoms with Gasteiger partial charge in [-0.2, -0.15) is 17.4 Å². The molecule has 0 aliphatic rings. The van der Waals surface area contributed by atoms with Gasteiger partial charge < -0.3 is 10.2 Å². The zero-order valence-corrected chi connectivity index (χ0v) is 11.1. The summed E-state index contributed by atoms with van der Waals surface area (Å²) in [6.45, 7) is 4.30. The second kappa shape index (κ2) is 5.92. The molecule has 3 N–H and O–H groups in total. The van der Waals surface area contributed by atoms with Crippen molar-refractivity contribution in [3.8, 4) is 0 Å². The lowest BCUT2D eigenvalue weighted by molar-refractivity contribution is 0.104. The van der Waals surface area contributed by atoms with Crippen molar-refractivity contribution in [2.75, 3.05) is 20.3 Å². The van der Waals surface area contributed by atoms with Crippen LogP contribution in [0.4, 0.5) is 0 Å². The van der Waals surface area contributed by atoms with Crippen LogP contribution in [0.25, 0.3) is 0 Å². The summed E-state index contributed by atoms with van der Waals surface area (Å²) in [5.74, 6) is 0. The van der Waals surface area contributed by atoms with E-state index in [4.69, 9.17) is 10.2 Å². The molecule has 16 heavy (non-hydrogen) atoms. The first-order chi connectivity index (χ1) is 7.24. The lowest BCUT2D eigenvalue weighted by Gasteiger charge is -2.32. The molecule has 0 saturated carbocycles. The van der Waals surface area contributed by atoms with E-state index >= 15 is 0 Å². The molecular formula is C9H22N2O4S. The molecule has 0 aliphatic carbocycles. The maximum absolute atomic E-state index is 11.9. The van der Waals surface area contributed by atoms with Crippen molar-refractivity contribution in [1.29, 1.82) is 0 Å². The van der Waals surface area contributed by atoms with Gasteiger partial charge in [0.1, 0.15) is 0 Å². The van der Waals surface area contributed by atoms with Crippen LogP contribution in [-0.4, -0.2) is 54.8 Å². The van der Waals surface area contributed by atoms with E-state index < -0.39 is 29.0 Å². The van der Waals surface area contributed by atoms with Gasteiger partial charge >= 0.3 is 0 Å². The zero-order valence-electron chi connectivity index (χ0n) is 10.3. The summed E-state index contributed by atoms with van der Waals surface area (Å²) in [5.41, 5.74) is -1.19. The fourth-order valence-electron chi connectivity index (χ4n) is 1.03. The molecule has 0 radical (unpaired) electrons. The number of nitrogens with zero attached hydrogens (tertiary/aromatic N) is 1. The molecule has 0 heterocycles. The summed E-state index contributed by atoms with van der Waals surface area (Å²) in [6, 6.07) is -0.190. The first-order valence-corrected chi connectivity index (χ1v) is 6.67. The normalized spacial score (nSPS) is 13.8. The Kier molecular flexibility index (Phi) is 5.85. The Bertz CT molecular complexity index is 290. The first kappa shape index (κ1) is 15.8. The van der Waals surface area contributed by atoms with E-state index in [1.807, 2.05) is 0 Å². The highest BCUT2D eigenvalue weighted by atomic mass is 32.2. The SMILES string of the molecule is CCC(CO)(CO)NS(=O)(=O)N(C)C(C)C. The Morgan fingerprint density at radius 3 is 2.00 bits per heavy atom. The maximum Gasteiger partial charge on any atom is 0.280 e. The van der Waals surface area contributed by atoms with Crippen molar-refractivity contribution in [3.05, 3.63) is 0 Å². The van der Waals surface area contributed by atoms with Gasteiger partial charge in [-0.25, -0.2) is 0 Å². The molecule has 0 aromatic heterocycles. The average molecular weight is 254 g/mol. The number of hydrogen-bond donors (Lipinski definition) is 3. The lowest BCUT2D eigenvalue weighted by atomic mass is 10.0. The summed E-state index contributed by atoms with van der Waals surface area (Å²) >= 11 is 0. The molecule has 0 amide bonds. The largest absolute Gasteiger partial charge is 0.394 e. The fraction of sp³-hybridized carbons (Fsp3) is 1.00. The molecule has 0 unspecified atom stereocenters. The van der Waals surface area contributed by atoms with Crippen LogP contribution >= 0.6 is 0 Å². The minimum Gasteiger partial charge on any atom is -0.394 e. The Hall–Kier alpha value is -0.210. The molecule has 7 heteroatoms. The van der Waals surface area contributed by atoms with Crippen LogP contribution in [0.3, 0.4) is 0 Å². The summed E-state index contributed by atoms with van der Waals surface area (Å²) in [6.07, 6.45) is 0.311. The maximum atomic E-state index is 11.9. The van der Waals surface area contributed by atoms with Crippen molar-refractivity contribution in [2.24, 2.45) is 0 Å². The minimum absolute atomic E-state index is 0.190. The van der Waals surface area contributed by atoms with E-state index in [1.165, 1.54) is 7.05 Å². The molecular weight excluding hydrogens is 232 g/mol. The Morgan fingerprint density at radius 2 is 1.75 bits per heavy atom. The van der Waals surface area contributed by atoms with Gasteiger partial charge in [0.2, 0.25) is 0 Å². The van der Waals surface area contributed by atoms with E-state index in [9.17, 15) is 8.42 Å². The second-order valence-corrected chi connectivity index (χ2v) is 5.90. The van der Waals surface area contributed by atoms with Gasteiger partial charge in [0, 0.05) is 13.1 Å². The summed E-state index contributed by atoms with van der Waals surface area (Å²) in [5, 5.41) is 18.3. The Morgan fingerprint density at radius 1 is 1.31 bits per heavy atom. The van der Waals surface area contributed by atoms with Crippen molar-refractivity contribution < 1.29 is 18.6 Å². The number of nitrogens with one attached hydrogen (secondary N) is 1. The van der Waals surface area contributed by atoms with Gasteiger partial charge in [0.25, 0.3) is 10.2 Å². The van der Waals surface area contributed by atoms with E-state index in [0.29, 0.717) is 6.42 Å². The van der Waals surface area contributed by atoms with Gasteiger partial charge in [-0.15, -0.1) is 0 Å². The van der Waals surface area contributed by atoms with E-state index in [-0.39, 0.29) is 6.04 Å². The van der Waals surface area contributed by atoms with Gasteiger partial charge in [-0.05, 0) is 20.3 Å². The fourth-order valence-corrected chi connectivity index (χ4v) is 2.55. The van der Waals surface area contributed by atoms with Crippen molar-refractivity contribution in [1.82, 2.24) is 9.03 Å². The summed E-state index contributed by atoms with van der Waals surface area (Å²) < 4.78 is 27.2. The van der Waals surface area contributed by atoms with Gasteiger partial charge in [-0.3, -0.25) is 0 Å². The predicted octanol–water partition coefficient (Wildman–Crippen LogP) is -0.706. The third-order valence-corrected chi connectivity index (χ3v) is 4.60. The molecule has 0 aliphatic heterocycles. The smallest absolute Gasteiger partial charge is 0.280 e. The van der Waals surface area contributed by atoms with Crippen LogP contribution in [0.5, 0.6) is 0 Å². The monoisotopic (exact) mass is 254 g/mol. The van der Waals surface area contributed by atoms with Crippen molar-refractivity contribution in [3.63, 3.8) is 0 Å². The van der Waals surface area contributed by atoms with Crippen LogP contribution in [0.15, 0.2) is 0 Å². The van der Waals surface area contributed by atoms with Crippen LogP contribution in [0, 0.1) is 0 Å². The molecule has 0 aromatic rings. The summed E-state index contributed by atoms with van der Waals surface area (Å²) in [7, 11) is -2.24. The molecule has 6 nitrogen and oxygen atoms in total. The molecule has 0 fully saturated rings. The summed E-state index contributed by atoms with van der Waals surface area (Å²) in [4.78, 5) is 0. The van der Waals surface area contributed by atoms with Crippen LogP contribution in [0.1, 0.15) is 27.2 Å².